The van der Waals surface area contributed by atoms with Gasteiger partial charge in [-0.3, -0.25) is 0 Å². The first kappa shape index (κ1) is 12.6. The lowest BCUT2D eigenvalue weighted by Crippen LogP contribution is -2.07. The van der Waals surface area contributed by atoms with Crippen molar-refractivity contribution in [2.24, 2.45) is 7.05 Å². The summed E-state index contributed by atoms with van der Waals surface area (Å²) in [5.74, 6) is 1.33. The van der Waals surface area contributed by atoms with E-state index in [1.54, 1.807) is 0 Å². The second-order valence-electron chi connectivity index (χ2n) is 4.63. The van der Waals surface area contributed by atoms with Gasteiger partial charge >= 0.3 is 0 Å². The number of nitrogens with one attached hydrogen (secondary N) is 1. The molecule has 3 aromatic rings. The van der Waals surface area contributed by atoms with Crippen LogP contribution in [0.2, 0.25) is 0 Å². The lowest BCUT2D eigenvalue weighted by atomic mass is 10.2. The average molecular weight is 268 g/mol. The van der Waals surface area contributed by atoms with E-state index < -0.39 is 0 Å². The van der Waals surface area contributed by atoms with Crippen LogP contribution in [-0.4, -0.2) is 21.6 Å². The number of ether oxygens (including phenoxy) is 1. The number of benzene rings is 1. The van der Waals surface area contributed by atoms with Crippen molar-refractivity contribution in [1.29, 1.82) is 0 Å². The van der Waals surface area contributed by atoms with Crippen molar-refractivity contribution in [1.82, 2.24) is 19.9 Å². The van der Waals surface area contributed by atoms with Gasteiger partial charge in [0.1, 0.15) is 12.1 Å². The molecule has 0 aliphatic heterocycles. The van der Waals surface area contributed by atoms with Crippen LogP contribution in [-0.2, 0) is 13.6 Å². The predicted molar refractivity (Wildman–Crippen MR) is 77.8 cm³/mol. The fourth-order valence-electron chi connectivity index (χ4n) is 2.15. The lowest BCUT2D eigenvalue weighted by Gasteiger charge is -2.06. The molecule has 0 saturated carbocycles. The van der Waals surface area contributed by atoms with E-state index >= 15 is 0 Å². The van der Waals surface area contributed by atoms with Gasteiger partial charge in [0.05, 0.1) is 5.69 Å². The van der Waals surface area contributed by atoms with Crippen LogP contribution in [0.4, 0.5) is 0 Å². The van der Waals surface area contributed by atoms with Gasteiger partial charge in [-0.2, -0.15) is 0 Å². The highest BCUT2D eigenvalue weighted by atomic mass is 16.5. The highest BCUT2D eigenvalue weighted by Crippen LogP contribution is 2.25. The molecule has 0 unspecified atom stereocenters. The summed E-state index contributed by atoms with van der Waals surface area (Å²) < 4.78 is 7.87. The molecule has 2 aromatic heterocycles. The van der Waals surface area contributed by atoms with Crippen molar-refractivity contribution in [2.75, 3.05) is 7.05 Å². The Bertz CT molecular complexity index is 736. The van der Waals surface area contributed by atoms with E-state index in [4.69, 9.17) is 4.74 Å². The van der Waals surface area contributed by atoms with Crippen molar-refractivity contribution in [3.63, 3.8) is 0 Å². The zero-order valence-corrected chi connectivity index (χ0v) is 11.5. The van der Waals surface area contributed by atoms with Crippen molar-refractivity contribution in [3.8, 4) is 11.6 Å². The van der Waals surface area contributed by atoms with Crippen LogP contribution in [0, 0.1) is 0 Å². The molecule has 5 heteroatoms. The smallest absolute Gasteiger partial charge is 0.222 e. The van der Waals surface area contributed by atoms with E-state index in [2.05, 4.69) is 25.9 Å². The summed E-state index contributed by atoms with van der Waals surface area (Å²) in [6.45, 7) is 0.691. The molecule has 0 fully saturated rings. The van der Waals surface area contributed by atoms with Crippen LogP contribution in [0.1, 0.15) is 5.69 Å². The Labute approximate surface area is 117 Å². The summed E-state index contributed by atoms with van der Waals surface area (Å²) in [6.07, 6.45) is 3.55. The largest absolute Gasteiger partial charge is 0.439 e. The molecule has 20 heavy (non-hydrogen) atoms. The van der Waals surface area contributed by atoms with Gasteiger partial charge in [-0.25, -0.2) is 9.97 Å². The molecule has 1 aromatic carbocycles. The van der Waals surface area contributed by atoms with E-state index in [1.807, 2.05) is 44.6 Å². The third-order valence-corrected chi connectivity index (χ3v) is 3.14. The fourth-order valence-corrected chi connectivity index (χ4v) is 2.15. The standard InChI is InChI=1S/C15H16N4O/c1-16-9-12-8-15(18-10-17-12)20-13-3-4-14-11(7-13)5-6-19(14)2/h3-8,10,16H,9H2,1-2H3. The number of fused-ring (bicyclic) bond motifs is 1. The molecular weight excluding hydrogens is 252 g/mol. The van der Waals surface area contributed by atoms with Crippen LogP contribution in [0.15, 0.2) is 42.9 Å². The molecule has 0 saturated heterocycles. The summed E-state index contributed by atoms with van der Waals surface area (Å²) >= 11 is 0. The van der Waals surface area contributed by atoms with Crippen molar-refractivity contribution >= 4 is 10.9 Å². The topological polar surface area (TPSA) is 52.0 Å². The number of aryl methyl sites for hydroxylation is 1. The quantitative estimate of drug-likeness (QED) is 0.789. The molecule has 1 N–H and O–H groups in total. The van der Waals surface area contributed by atoms with Gasteiger partial charge in [-0.1, -0.05) is 0 Å². The number of rotatable bonds is 4. The van der Waals surface area contributed by atoms with Crippen molar-refractivity contribution in [2.45, 2.75) is 6.54 Å². The van der Waals surface area contributed by atoms with E-state index in [0.717, 1.165) is 16.8 Å². The van der Waals surface area contributed by atoms with E-state index in [9.17, 15) is 0 Å². The first-order chi connectivity index (χ1) is 9.76. The molecule has 0 spiro atoms. The zero-order valence-electron chi connectivity index (χ0n) is 11.5. The van der Waals surface area contributed by atoms with E-state index in [0.29, 0.717) is 12.4 Å². The molecule has 0 aliphatic carbocycles. The summed E-state index contributed by atoms with van der Waals surface area (Å²) in [6, 6.07) is 9.90. The highest BCUT2D eigenvalue weighted by molar-refractivity contribution is 5.81. The number of hydrogen-bond acceptors (Lipinski definition) is 4. The van der Waals surface area contributed by atoms with Gasteiger partial charge in [0.25, 0.3) is 0 Å². The van der Waals surface area contributed by atoms with Gasteiger partial charge in [-0.05, 0) is 31.3 Å². The fraction of sp³-hybridized carbons (Fsp3) is 0.200. The molecule has 0 amide bonds. The number of aromatic nitrogens is 3. The Balaban J connectivity index is 1.86. The highest BCUT2D eigenvalue weighted by Gasteiger charge is 2.04. The number of nitrogens with zero attached hydrogens (tertiary/aromatic N) is 3. The second kappa shape index (κ2) is 5.30. The maximum Gasteiger partial charge on any atom is 0.222 e. The van der Waals surface area contributed by atoms with Crippen LogP contribution < -0.4 is 10.1 Å². The Morgan fingerprint density at radius 2 is 2.10 bits per heavy atom. The SMILES string of the molecule is CNCc1cc(Oc2ccc3c(ccn3C)c2)ncn1. The molecule has 102 valence electrons. The van der Waals surface area contributed by atoms with E-state index in [-0.39, 0.29) is 0 Å². The van der Waals surface area contributed by atoms with Gasteiger partial charge in [0.15, 0.2) is 0 Å². The Morgan fingerprint density at radius 3 is 2.95 bits per heavy atom. The van der Waals surface area contributed by atoms with Crippen molar-refractivity contribution in [3.05, 3.63) is 48.5 Å². The van der Waals surface area contributed by atoms with Gasteiger partial charge in [-0.15, -0.1) is 0 Å². The summed E-state index contributed by atoms with van der Waals surface area (Å²) in [5, 5.41) is 4.20. The normalized spacial score (nSPS) is 10.9. The van der Waals surface area contributed by atoms with Gasteiger partial charge in [0, 0.05) is 36.8 Å². The zero-order chi connectivity index (χ0) is 13.9. The lowest BCUT2D eigenvalue weighted by molar-refractivity contribution is 0.460. The monoisotopic (exact) mass is 268 g/mol. The van der Waals surface area contributed by atoms with Crippen molar-refractivity contribution < 1.29 is 4.74 Å². The molecule has 0 bridgehead atoms. The first-order valence-electron chi connectivity index (χ1n) is 6.45. The van der Waals surface area contributed by atoms with Crippen LogP contribution >= 0.6 is 0 Å². The first-order valence-corrected chi connectivity index (χ1v) is 6.45. The third kappa shape index (κ3) is 2.48. The molecule has 0 radical (unpaired) electrons. The maximum absolute atomic E-state index is 5.79. The Kier molecular flexibility index (Phi) is 3.35. The van der Waals surface area contributed by atoms with E-state index in [1.165, 1.54) is 11.8 Å². The van der Waals surface area contributed by atoms with Gasteiger partial charge in [0.2, 0.25) is 5.88 Å². The van der Waals surface area contributed by atoms with Crippen LogP contribution in [0.25, 0.3) is 10.9 Å². The minimum Gasteiger partial charge on any atom is -0.439 e. The maximum atomic E-state index is 5.79. The predicted octanol–water partition coefficient (Wildman–Crippen LogP) is 2.48. The molecule has 0 atom stereocenters. The average Bonchev–Trinajstić information content (AvgIpc) is 2.81. The van der Waals surface area contributed by atoms with Crippen LogP contribution in [0.3, 0.4) is 0 Å². The molecular formula is C15H16N4O. The summed E-state index contributed by atoms with van der Waals surface area (Å²) in [5.41, 5.74) is 2.08. The second-order valence-corrected chi connectivity index (χ2v) is 4.63. The summed E-state index contributed by atoms with van der Waals surface area (Å²) in [7, 11) is 3.91. The molecule has 3 rings (SSSR count). The van der Waals surface area contributed by atoms with Gasteiger partial charge < -0.3 is 14.6 Å². The number of hydrogen-bond donors (Lipinski definition) is 1. The molecule has 0 aliphatic rings. The molecule has 5 nitrogen and oxygen atoms in total. The minimum absolute atomic E-state index is 0.556. The Hall–Kier alpha value is -2.40. The third-order valence-electron chi connectivity index (χ3n) is 3.14. The summed E-state index contributed by atoms with van der Waals surface area (Å²) in [4.78, 5) is 8.30. The minimum atomic E-state index is 0.556. The van der Waals surface area contributed by atoms with Crippen LogP contribution in [0.5, 0.6) is 11.6 Å². The Morgan fingerprint density at radius 1 is 1.20 bits per heavy atom. The molecule has 2 heterocycles.